The Labute approximate surface area is 154 Å². The van der Waals surface area contributed by atoms with Crippen LogP contribution in [-0.2, 0) is 9.53 Å². The quantitative estimate of drug-likeness (QED) is 0.855. The van der Waals surface area contributed by atoms with E-state index < -0.39 is 0 Å². The van der Waals surface area contributed by atoms with Gasteiger partial charge in [0.05, 0.1) is 6.04 Å². The standard InChI is InChI=1S/C18H26N2O2S.ClH/c1-13-4-6-14(7-5-13)18-16(3-2-9-22-18)20-17(21)11-15-12-23-10-8-19-15;/h4-7,15-16,18-19H,2-3,8-12H2,1H3,(H,20,21);1H. The van der Waals surface area contributed by atoms with Crippen LogP contribution in [0.1, 0.15) is 36.5 Å². The van der Waals surface area contributed by atoms with Crippen LogP contribution < -0.4 is 10.6 Å². The van der Waals surface area contributed by atoms with Crippen molar-refractivity contribution in [1.82, 2.24) is 10.6 Å². The van der Waals surface area contributed by atoms with E-state index in [1.54, 1.807) is 0 Å². The van der Waals surface area contributed by atoms with E-state index in [0.717, 1.165) is 43.1 Å². The number of ether oxygens (including phenoxy) is 1. The number of benzene rings is 1. The molecule has 2 aliphatic heterocycles. The summed E-state index contributed by atoms with van der Waals surface area (Å²) in [6.07, 6.45) is 2.52. The van der Waals surface area contributed by atoms with Crippen molar-refractivity contribution in [3.63, 3.8) is 0 Å². The van der Waals surface area contributed by atoms with E-state index in [-0.39, 0.29) is 30.5 Å². The SMILES string of the molecule is Cc1ccc(C2OCCCC2NC(=O)CC2CSCCN2)cc1.Cl. The van der Waals surface area contributed by atoms with Gasteiger partial charge in [0.15, 0.2) is 0 Å². The zero-order valence-electron chi connectivity index (χ0n) is 14.1. The molecule has 6 heteroatoms. The molecule has 0 saturated carbocycles. The normalized spacial score (nSPS) is 27.1. The fourth-order valence-electron chi connectivity index (χ4n) is 3.25. The van der Waals surface area contributed by atoms with Crippen LogP contribution in [0, 0.1) is 6.92 Å². The second kappa shape index (κ2) is 9.66. The molecule has 0 radical (unpaired) electrons. The number of carbonyl (C=O) groups is 1. The molecule has 4 nitrogen and oxygen atoms in total. The highest BCUT2D eigenvalue weighted by atomic mass is 35.5. The van der Waals surface area contributed by atoms with Crippen molar-refractivity contribution >= 4 is 30.1 Å². The lowest BCUT2D eigenvalue weighted by Crippen LogP contribution is -2.46. The van der Waals surface area contributed by atoms with Crippen LogP contribution in [0.25, 0.3) is 0 Å². The molecule has 2 fully saturated rings. The minimum atomic E-state index is -0.0259. The lowest BCUT2D eigenvalue weighted by molar-refractivity contribution is -0.124. The number of halogens is 1. The molecule has 134 valence electrons. The summed E-state index contributed by atoms with van der Waals surface area (Å²) in [6.45, 7) is 3.85. The summed E-state index contributed by atoms with van der Waals surface area (Å²) in [7, 11) is 0. The average Bonchev–Trinajstić information content (AvgIpc) is 2.57. The summed E-state index contributed by atoms with van der Waals surface area (Å²) in [5, 5.41) is 6.64. The number of aryl methyl sites for hydroxylation is 1. The Hall–Kier alpha value is -0.750. The first kappa shape index (κ1) is 19.6. The minimum Gasteiger partial charge on any atom is -0.371 e. The van der Waals surface area contributed by atoms with Gasteiger partial charge in [-0.3, -0.25) is 4.79 Å². The second-order valence-electron chi connectivity index (χ2n) is 6.45. The van der Waals surface area contributed by atoms with Crippen LogP contribution in [0.4, 0.5) is 0 Å². The molecule has 3 unspecified atom stereocenters. The van der Waals surface area contributed by atoms with Crippen LogP contribution in [0.5, 0.6) is 0 Å². The third-order valence-electron chi connectivity index (χ3n) is 4.50. The first-order valence-electron chi connectivity index (χ1n) is 8.51. The smallest absolute Gasteiger partial charge is 0.221 e. The average molecular weight is 371 g/mol. The summed E-state index contributed by atoms with van der Waals surface area (Å²) in [4.78, 5) is 12.4. The Morgan fingerprint density at radius 1 is 1.38 bits per heavy atom. The summed E-state index contributed by atoms with van der Waals surface area (Å²) in [5.74, 6) is 2.30. The maximum absolute atomic E-state index is 12.4. The van der Waals surface area contributed by atoms with Gasteiger partial charge in [0.1, 0.15) is 6.10 Å². The van der Waals surface area contributed by atoms with E-state index in [0.29, 0.717) is 12.5 Å². The first-order chi connectivity index (χ1) is 11.2. The molecular weight excluding hydrogens is 344 g/mol. The minimum absolute atomic E-state index is 0. The molecule has 0 spiro atoms. The molecule has 2 N–H and O–H groups in total. The van der Waals surface area contributed by atoms with Crippen LogP contribution in [0.3, 0.4) is 0 Å². The van der Waals surface area contributed by atoms with Gasteiger partial charge in [-0.05, 0) is 25.3 Å². The summed E-state index contributed by atoms with van der Waals surface area (Å²) >= 11 is 1.92. The van der Waals surface area contributed by atoms with Gasteiger partial charge in [0, 0.05) is 37.1 Å². The number of amides is 1. The number of nitrogens with one attached hydrogen (secondary N) is 2. The lowest BCUT2D eigenvalue weighted by atomic mass is 9.95. The topological polar surface area (TPSA) is 50.4 Å². The first-order valence-corrected chi connectivity index (χ1v) is 9.66. The highest BCUT2D eigenvalue weighted by molar-refractivity contribution is 7.99. The Morgan fingerprint density at radius 3 is 2.88 bits per heavy atom. The van der Waals surface area contributed by atoms with E-state index in [1.807, 2.05) is 11.8 Å². The largest absolute Gasteiger partial charge is 0.371 e. The summed E-state index contributed by atoms with van der Waals surface area (Å²) in [5.41, 5.74) is 2.40. The van der Waals surface area contributed by atoms with Gasteiger partial charge in [-0.25, -0.2) is 0 Å². The number of hydrogen-bond acceptors (Lipinski definition) is 4. The van der Waals surface area contributed by atoms with Crippen molar-refractivity contribution in [2.24, 2.45) is 0 Å². The van der Waals surface area contributed by atoms with Crippen LogP contribution in [0.2, 0.25) is 0 Å². The van der Waals surface area contributed by atoms with Gasteiger partial charge in [-0.1, -0.05) is 29.8 Å². The number of hydrogen-bond donors (Lipinski definition) is 2. The Bertz CT molecular complexity index is 520. The lowest BCUT2D eigenvalue weighted by Gasteiger charge is -2.33. The molecule has 24 heavy (non-hydrogen) atoms. The number of thioether (sulfide) groups is 1. The Morgan fingerprint density at radius 2 is 2.17 bits per heavy atom. The molecule has 3 rings (SSSR count). The third-order valence-corrected chi connectivity index (χ3v) is 5.64. The molecule has 2 heterocycles. The molecule has 1 aromatic rings. The van der Waals surface area contributed by atoms with Crippen molar-refractivity contribution < 1.29 is 9.53 Å². The van der Waals surface area contributed by atoms with Crippen LogP contribution in [0.15, 0.2) is 24.3 Å². The molecule has 0 aliphatic carbocycles. The molecule has 0 aromatic heterocycles. The van der Waals surface area contributed by atoms with E-state index in [1.165, 1.54) is 5.56 Å². The maximum Gasteiger partial charge on any atom is 0.221 e. The molecule has 3 atom stereocenters. The van der Waals surface area contributed by atoms with Gasteiger partial charge in [-0.2, -0.15) is 11.8 Å². The van der Waals surface area contributed by atoms with Crippen molar-refractivity contribution in [1.29, 1.82) is 0 Å². The van der Waals surface area contributed by atoms with E-state index in [4.69, 9.17) is 4.74 Å². The molecule has 2 saturated heterocycles. The summed E-state index contributed by atoms with van der Waals surface area (Å²) < 4.78 is 5.97. The maximum atomic E-state index is 12.4. The van der Waals surface area contributed by atoms with E-state index in [2.05, 4.69) is 41.8 Å². The zero-order chi connectivity index (χ0) is 16.1. The van der Waals surface area contributed by atoms with Crippen molar-refractivity contribution in [3.05, 3.63) is 35.4 Å². The van der Waals surface area contributed by atoms with Crippen molar-refractivity contribution in [2.45, 2.75) is 44.4 Å². The highest BCUT2D eigenvalue weighted by Gasteiger charge is 2.29. The van der Waals surface area contributed by atoms with Gasteiger partial charge in [0.2, 0.25) is 5.91 Å². The second-order valence-corrected chi connectivity index (χ2v) is 7.60. The number of carbonyl (C=O) groups excluding carboxylic acids is 1. The van der Waals surface area contributed by atoms with E-state index in [9.17, 15) is 4.79 Å². The number of rotatable bonds is 4. The zero-order valence-corrected chi connectivity index (χ0v) is 15.8. The predicted molar refractivity (Wildman–Crippen MR) is 102 cm³/mol. The van der Waals surface area contributed by atoms with Gasteiger partial charge in [0.25, 0.3) is 0 Å². The van der Waals surface area contributed by atoms with E-state index >= 15 is 0 Å². The monoisotopic (exact) mass is 370 g/mol. The predicted octanol–water partition coefficient (Wildman–Crippen LogP) is 2.85. The molecule has 0 bridgehead atoms. The molecule has 2 aliphatic rings. The Kier molecular flexibility index (Phi) is 7.88. The fraction of sp³-hybridized carbons (Fsp3) is 0.611. The third kappa shape index (κ3) is 5.38. The molecular formula is C18H27ClN2O2S. The fourth-order valence-corrected chi connectivity index (χ4v) is 4.20. The van der Waals surface area contributed by atoms with Crippen LogP contribution in [-0.4, -0.2) is 42.6 Å². The molecule has 1 aromatic carbocycles. The van der Waals surface area contributed by atoms with Gasteiger partial charge in [-0.15, -0.1) is 12.4 Å². The van der Waals surface area contributed by atoms with Crippen molar-refractivity contribution in [2.75, 3.05) is 24.7 Å². The van der Waals surface area contributed by atoms with Gasteiger partial charge >= 0.3 is 0 Å². The van der Waals surface area contributed by atoms with Gasteiger partial charge < -0.3 is 15.4 Å². The van der Waals surface area contributed by atoms with Crippen molar-refractivity contribution in [3.8, 4) is 0 Å². The Balaban J connectivity index is 0.00000208. The van der Waals surface area contributed by atoms with Crippen LogP contribution >= 0.6 is 24.2 Å². The summed E-state index contributed by atoms with van der Waals surface area (Å²) in [6, 6.07) is 8.82. The highest BCUT2D eigenvalue weighted by Crippen LogP contribution is 2.28. The molecule has 1 amide bonds.